The Labute approximate surface area is 339 Å². The van der Waals surface area contributed by atoms with Gasteiger partial charge in [0.05, 0.1) is 52.9 Å². The van der Waals surface area contributed by atoms with E-state index >= 15 is 0 Å². The number of aliphatic hydroxyl groups is 2. The minimum absolute atomic E-state index is 0.00238. The van der Waals surface area contributed by atoms with Gasteiger partial charge >= 0.3 is 0 Å². The summed E-state index contributed by atoms with van der Waals surface area (Å²) in [5.74, 6) is 0.110. The average molecular weight is 787 g/mol. The second kappa shape index (κ2) is 17.8. The Kier molecular flexibility index (Phi) is 14.2. The van der Waals surface area contributed by atoms with Crippen LogP contribution in [-0.2, 0) is 88.7 Å². The van der Waals surface area contributed by atoms with Crippen LogP contribution in [0, 0.1) is 0 Å². The molecule has 0 atom stereocenters. The van der Waals surface area contributed by atoms with E-state index in [4.69, 9.17) is 14.2 Å². The van der Waals surface area contributed by atoms with E-state index in [0.717, 1.165) is 22.3 Å². The Hall–Kier alpha value is -4.12. The molecule has 57 heavy (non-hydrogen) atoms. The van der Waals surface area contributed by atoms with E-state index in [1.54, 1.807) is 0 Å². The molecule has 0 saturated carbocycles. The molecule has 0 fully saturated rings. The molecule has 0 unspecified atom stereocenters. The maximum Gasteiger partial charge on any atom is 0.126 e. The molecule has 312 valence electrons. The quantitative estimate of drug-likeness (QED) is 0.0735. The van der Waals surface area contributed by atoms with E-state index in [9.17, 15) is 30.6 Å². The van der Waals surface area contributed by atoms with Gasteiger partial charge in [0.1, 0.15) is 23.0 Å². The first-order valence-electron chi connectivity index (χ1n) is 19.7. The SMILES string of the molecule is CC(C)(C)c1cc(CO)c(O)c(COCc2cc(C(C)(C)C)cc(COCc3cc(C(C)(C)C)cc(COCc4cc(C(C)(C)C)cc(CO)c4O)c3O)c2O)c1. The van der Waals surface area contributed by atoms with Crippen LogP contribution in [0.2, 0.25) is 0 Å². The molecule has 0 aliphatic rings. The zero-order chi connectivity index (χ0) is 42.7. The monoisotopic (exact) mass is 786 g/mol. The molecule has 6 N–H and O–H groups in total. The third-order valence-electron chi connectivity index (χ3n) is 10.4. The molecule has 4 rings (SSSR count). The normalized spacial score (nSPS) is 12.7. The molecule has 0 saturated heterocycles. The van der Waals surface area contributed by atoms with Gasteiger partial charge in [-0.1, -0.05) is 83.1 Å². The number of aromatic hydroxyl groups is 4. The molecule has 0 bridgehead atoms. The zero-order valence-corrected chi connectivity index (χ0v) is 36.2. The summed E-state index contributed by atoms with van der Waals surface area (Å²) in [6.07, 6.45) is 0. The molecule has 0 amide bonds. The lowest BCUT2D eigenvalue weighted by Gasteiger charge is -2.24. The Morgan fingerprint density at radius 1 is 0.316 bits per heavy atom. The average Bonchev–Trinajstić information content (AvgIpc) is 3.10. The second-order valence-corrected chi connectivity index (χ2v) is 19.4. The summed E-state index contributed by atoms with van der Waals surface area (Å²) in [6, 6.07) is 15.1. The fourth-order valence-electron chi connectivity index (χ4n) is 6.49. The van der Waals surface area contributed by atoms with Gasteiger partial charge in [-0.3, -0.25) is 0 Å². The molecule has 0 aromatic heterocycles. The van der Waals surface area contributed by atoms with Crippen LogP contribution in [0.1, 0.15) is 150 Å². The molecule has 9 heteroatoms. The summed E-state index contributed by atoms with van der Waals surface area (Å²) in [5.41, 5.74) is 7.35. The maximum absolute atomic E-state index is 11.5. The van der Waals surface area contributed by atoms with Crippen molar-refractivity contribution in [3.05, 3.63) is 115 Å². The third-order valence-corrected chi connectivity index (χ3v) is 10.4. The number of hydrogen-bond donors (Lipinski definition) is 6. The standard InChI is InChI=1S/C48H66O9/c1-45(2,3)37-13-29(21-49)41(51)31(15-37)23-55-25-33-17-39(47(7,8)9)19-35(43(33)53)27-57-28-36-20-40(48(10,11)12)18-34(44(36)54)26-56-24-32-16-38(46(4,5)6)14-30(22-50)42(32)52/h13-20,49-54H,21-28H2,1-12H3. The van der Waals surface area contributed by atoms with Crippen LogP contribution in [-0.4, -0.2) is 30.6 Å². The van der Waals surface area contributed by atoms with Crippen LogP contribution in [0.5, 0.6) is 23.0 Å². The Morgan fingerprint density at radius 2 is 0.474 bits per heavy atom. The molecule has 0 spiro atoms. The first kappa shape index (κ1) is 45.6. The van der Waals surface area contributed by atoms with Crippen molar-refractivity contribution >= 4 is 0 Å². The molecule has 4 aromatic carbocycles. The van der Waals surface area contributed by atoms with Crippen molar-refractivity contribution in [1.82, 2.24) is 0 Å². The summed E-state index contributed by atoms with van der Waals surface area (Å²) < 4.78 is 18.4. The molecular formula is C48H66O9. The van der Waals surface area contributed by atoms with Gasteiger partial charge < -0.3 is 44.8 Å². The fraction of sp³-hybridized carbons (Fsp3) is 0.500. The second-order valence-electron chi connectivity index (χ2n) is 19.4. The number of ether oxygens (including phenoxy) is 3. The predicted octanol–water partition coefficient (Wildman–Crippen LogP) is 9.83. The Bertz CT molecular complexity index is 1870. The van der Waals surface area contributed by atoms with E-state index in [-0.39, 0.29) is 97.5 Å². The number of hydrogen-bond acceptors (Lipinski definition) is 9. The van der Waals surface area contributed by atoms with Crippen molar-refractivity contribution in [3.63, 3.8) is 0 Å². The van der Waals surface area contributed by atoms with Gasteiger partial charge in [0, 0.05) is 44.5 Å². The number of benzene rings is 4. The number of aliphatic hydroxyl groups excluding tert-OH is 2. The summed E-state index contributed by atoms with van der Waals surface area (Å²) in [4.78, 5) is 0. The lowest BCUT2D eigenvalue weighted by Crippen LogP contribution is -2.14. The smallest absolute Gasteiger partial charge is 0.126 e. The number of rotatable bonds is 14. The molecule has 0 aliphatic heterocycles. The molecule has 9 nitrogen and oxygen atoms in total. The van der Waals surface area contributed by atoms with Gasteiger partial charge in [-0.2, -0.15) is 0 Å². The van der Waals surface area contributed by atoms with Crippen molar-refractivity contribution < 1.29 is 44.8 Å². The van der Waals surface area contributed by atoms with Crippen molar-refractivity contribution in [2.75, 3.05) is 0 Å². The summed E-state index contributed by atoms with van der Waals surface area (Å²) in [5, 5.41) is 64.3. The number of phenols is 4. The lowest BCUT2D eigenvalue weighted by molar-refractivity contribution is 0.0958. The topological polar surface area (TPSA) is 149 Å². The minimum atomic E-state index is -0.293. The van der Waals surface area contributed by atoms with Crippen LogP contribution >= 0.6 is 0 Å². The van der Waals surface area contributed by atoms with E-state index < -0.39 is 0 Å². The molecular weight excluding hydrogens is 721 g/mol. The zero-order valence-electron chi connectivity index (χ0n) is 36.2. The van der Waals surface area contributed by atoms with Crippen LogP contribution in [0.25, 0.3) is 0 Å². The third kappa shape index (κ3) is 11.5. The summed E-state index contributed by atoms with van der Waals surface area (Å²) >= 11 is 0. The van der Waals surface area contributed by atoms with Gasteiger partial charge in [-0.15, -0.1) is 0 Å². The highest BCUT2D eigenvalue weighted by Gasteiger charge is 2.24. The fourth-order valence-corrected chi connectivity index (χ4v) is 6.49. The highest BCUT2D eigenvalue weighted by molar-refractivity contribution is 5.49. The number of phenolic OH excluding ortho intramolecular Hbond substituents is 2. The van der Waals surface area contributed by atoms with Gasteiger partial charge in [-0.25, -0.2) is 0 Å². The van der Waals surface area contributed by atoms with Crippen LogP contribution < -0.4 is 0 Å². The van der Waals surface area contributed by atoms with Crippen molar-refractivity contribution in [3.8, 4) is 23.0 Å². The van der Waals surface area contributed by atoms with Crippen LogP contribution in [0.3, 0.4) is 0 Å². The van der Waals surface area contributed by atoms with Crippen molar-refractivity contribution in [2.45, 2.75) is 158 Å². The van der Waals surface area contributed by atoms with E-state index in [1.165, 1.54) is 0 Å². The summed E-state index contributed by atoms with van der Waals surface area (Å²) in [6.45, 7) is 24.8. The lowest BCUT2D eigenvalue weighted by atomic mass is 9.84. The largest absolute Gasteiger partial charge is 0.507 e. The minimum Gasteiger partial charge on any atom is -0.507 e. The van der Waals surface area contributed by atoms with E-state index in [0.29, 0.717) is 44.5 Å². The van der Waals surface area contributed by atoms with Crippen LogP contribution in [0.15, 0.2) is 48.5 Å². The first-order valence-corrected chi connectivity index (χ1v) is 19.7. The molecule has 4 aromatic rings. The molecule has 0 aliphatic carbocycles. The highest BCUT2D eigenvalue weighted by atomic mass is 16.5. The first-order chi connectivity index (χ1) is 26.3. The summed E-state index contributed by atoms with van der Waals surface area (Å²) in [7, 11) is 0. The predicted molar refractivity (Wildman–Crippen MR) is 225 cm³/mol. The molecule has 0 heterocycles. The van der Waals surface area contributed by atoms with Gasteiger partial charge in [0.25, 0.3) is 0 Å². The Morgan fingerprint density at radius 3 is 0.632 bits per heavy atom. The maximum atomic E-state index is 11.5. The van der Waals surface area contributed by atoms with E-state index in [2.05, 4.69) is 83.1 Å². The Balaban J connectivity index is 1.54. The highest BCUT2D eigenvalue weighted by Crippen LogP contribution is 2.37. The van der Waals surface area contributed by atoms with Crippen molar-refractivity contribution in [2.24, 2.45) is 0 Å². The molecule has 0 radical (unpaired) electrons. The van der Waals surface area contributed by atoms with Gasteiger partial charge in [0.15, 0.2) is 0 Å². The van der Waals surface area contributed by atoms with Crippen molar-refractivity contribution in [1.29, 1.82) is 0 Å². The van der Waals surface area contributed by atoms with E-state index in [1.807, 2.05) is 48.5 Å². The van der Waals surface area contributed by atoms with Gasteiger partial charge in [-0.05, 0) is 92.4 Å². The van der Waals surface area contributed by atoms with Crippen LogP contribution in [0.4, 0.5) is 0 Å². The van der Waals surface area contributed by atoms with Gasteiger partial charge in [0.2, 0.25) is 0 Å².